The number of anilines is 4. The quantitative estimate of drug-likeness (QED) is 0.552. The third-order valence-corrected chi connectivity index (χ3v) is 3.47. The van der Waals surface area contributed by atoms with Gasteiger partial charge in [-0.05, 0) is 24.3 Å². The zero-order chi connectivity index (χ0) is 17.1. The summed E-state index contributed by atoms with van der Waals surface area (Å²) in [4.78, 5) is 24.8. The Hall–Kier alpha value is -3.48. The van der Waals surface area contributed by atoms with Crippen molar-refractivity contribution >= 4 is 22.7 Å². The highest BCUT2D eigenvalue weighted by molar-refractivity contribution is 5.78. The predicted molar refractivity (Wildman–Crippen MR) is 93.4 cm³/mol. The van der Waals surface area contributed by atoms with Crippen molar-refractivity contribution in [3.05, 3.63) is 75.3 Å². The molecule has 24 heavy (non-hydrogen) atoms. The molecule has 7 nitrogen and oxygen atoms in total. The van der Waals surface area contributed by atoms with Gasteiger partial charge in [-0.3, -0.25) is 19.4 Å². The molecule has 0 bridgehead atoms. The minimum absolute atomic E-state index is 0.0227. The van der Waals surface area contributed by atoms with Crippen molar-refractivity contribution in [1.82, 2.24) is 9.78 Å². The Bertz CT molecular complexity index is 977. The lowest BCUT2D eigenvalue weighted by atomic mass is 10.2. The largest absolute Gasteiger partial charge is 0.506 e. The standard InChI is InChI=1S/C17H16N4O3/c1-21-17(24)15(19-12-9-5-6-10-13(12)22)14(16(23)20-21)18-11-7-3-2-4-8-11/h2-10,18-19,22H,1H3,(H,20,23). The minimum atomic E-state index is -0.459. The summed E-state index contributed by atoms with van der Waals surface area (Å²) in [6, 6.07) is 15.5. The fourth-order valence-electron chi connectivity index (χ4n) is 2.26. The molecule has 0 atom stereocenters. The molecule has 7 heteroatoms. The second-order valence-corrected chi connectivity index (χ2v) is 5.19. The number of aromatic hydroxyl groups is 1. The number of hydrogen-bond donors (Lipinski definition) is 4. The molecule has 0 fully saturated rings. The van der Waals surface area contributed by atoms with Crippen molar-refractivity contribution < 1.29 is 5.11 Å². The van der Waals surface area contributed by atoms with Crippen molar-refractivity contribution in [2.75, 3.05) is 10.6 Å². The number of para-hydroxylation sites is 3. The number of nitrogens with zero attached hydrogens (tertiary/aromatic N) is 1. The molecule has 1 aromatic heterocycles. The molecule has 122 valence electrons. The van der Waals surface area contributed by atoms with Crippen LogP contribution in [0.5, 0.6) is 5.75 Å². The van der Waals surface area contributed by atoms with Crippen molar-refractivity contribution in [1.29, 1.82) is 0 Å². The van der Waals surface area contributed by atoms with Crippen LogP contribution in [-0.4, -0.2) is 14.9 Å². The van der Waals surface area contributed by atoms with E-state index >= 15 is 0 Å². The number of benzene rings is 2. The van der Waals surface area contributed by atoms with Crippen LogP contribution in [0.4, 0.5) is 22.7 Å². The number of aromatic amines is 1. The molecule has 0 unspecified atom stereocenters. The van der Waals surface area contributed by atoms with Gasteiger partial charge in [0.2, 0.25) is 0 Å². The van der Waals surface area contributed by atoms with Crippen molar-refractivity contribution in [2.45, 2.75) is 0 Å². The predicted octanol–water partition coefficient (Wildman–Crippen LogP) is 2.27. The summed E-state index contributed by atoms with van der Waals surface area (Å²) in [6.07, 6.45) is 0. The van der Waals surface area contributed by atoms with Crippen LogP contribution in [0.25, 0.3) is 0 Å². The molecular weight excluding hydrogens is 308 g/mol. The average molecular weight is 324 g/mol. The molecule has 0 spiro atoms. The summed E-state index contributed by atoms with van der Waals surface area (Å²) in [5.74, 6) is -0.0227. The van der Waals surface area contributed by atoms with E-state index in [0.29, 0.717) is 11.4 Å². The number of rotatable bonds is 4. The summed E-state index contributed by atoms with van der Waals surface area (Å²) < 4.78 is 1.08. The van der Waals surface area contributed by atoms with Crippen LogP contribution in [-0.2, 0) is 7.05 Å². The SMILES string of the molecule is Cn1[nH]c(=O)c(Nc2ccccc2)c(Nc2ccccc2O)c1=O. The summed E-state index contributed by atoms with van der Waals surface area (Å²) in [5.41, 5.74) is 0.224. The number of aromatic nitrogens is 2. The summed E-state index contributed by atoms with van der Waals surface area (Å²) >= 11 is 0. The molecule has 0 saturated heterocycles. The maximum Gasteiger partial charge on any atom is 0.290 e. The number of H-pyrrole nitrogens is 1. The summed E-state index contributed by atoms with van der Waals surface area (Å²) in [7, 11) is 1.45. The van der Waals surface area contributed by atoms with Crippen LogP contribution in [0.15, 0.2) is 64.2 Å². The monoisotopic (exact) mass is 324 g/mol. The lowest BCUT2D eigenvalue weighted by Crippen LogP contribution is -2.31. The van der Waals surface area contributed by atoms with E-state index in [1.165, 1.54) is 13.1 Å². The summed E-state index contributed by atoms with van der Waals surface area (Å²) in [5, 5.41) is 18.1. The number of hydrogen-bond acceptors (Lipinski definition) is 5. The topological polar surface area (TPSA) is 99.2 Å². The van der Waals surface area contributed by atoms with Crippen LogP contribution in [0.1, 0.15) is 0 Å². The van der Waals surface area contributed by atoms with Gasteiger partial charge < -0.3 is 15.7 Å². The van der Waals surface area contributed by atoms with Gasteiger partial charge in [-0.25, -0.2) is 0 Å². The Morgan fingerprint density at radius 2 is 1.58 bits per heavy atom. The van der Waals surface area contributed by atoms with Gasteiger partial charge in [0.25, 0.3) is 11.1 Å². The first-order chi connectivity index (χ1) is 11.6. The van der Waals surface area contributed by atoms with E-state index in [0.717, 1.165) is 4.68 Å². The third kappa shape index (κ3) is 3.00. The first-order valence-electron chi connectivity index (χ1n) is 7.26. The maximum absolute atomic E-state index is 12.5. The van der Waals surface area contributed by atoms with Crippen molar-refractivity contribution in [2.24, 2.45) is 7.05 Å². The molecule has 3 aromatic rings. The highest BCUT2D eigenvalue weighted by Crippen LogP contribution is 2.27. The molecule has 3 rings (SSSR count). The van der Waals surface area contributed by atoms with Crippen LogP contribution in [0.3, 0.4) is 0 Å². The Balaban J connectivity index is 2.11. The van der Waals surface area contributed by atoms with Crippen LogP contribution in [0.2, 0.25) is 0 Å². The van der Waals surface area contributed by atoms with E-state index in [4.69, 9.17) is 0 Å². The Morgan fingerprint density at radius 1 is 0.917 bits per heavy atom. The normalized spacial score (nSPS) is 10.4. The molecule has 0 aliphatic rings. The average Bonchev–Trinajstić information content (AvgIpc) is 2.58. The van der Waals surface area contributed by atoms with Gasteiger partial charge in [0.1, 0.15) is 17.1 Å². The van der Waals surface area contributed by atoms with Gasteiger partial charge in [-0.15, -0.1) is 0 Å². The van der Waals surface area contributed by atoms with Gasteiger partial charge in [-0.1, -0.05) is 30.3 Å². The van der Waals surface area contributed by atoms with Crippen LogP contribution < -0.4 is 21.8 Å². The summed E-state index contributed by atoms with van der Waals surface area (Å²) in [6.45, 7) is 0. The first kappa shape index (κ1) is 15.4. The molecule has 4 N–H and O–H groups in total. The van der Waals surface area contributed by atoms with E-state index in [1.54, 1.807) is 30.3 Å². The lowest BCUT2D eigenvalue weighted by molar-refractivity contribution is 0.477. The number of aryl methyl sites for hydroxylation is 1. The van der Waals surface area contributed by atoms with Gasteiger partial charge in [0.15, 0.2) is 0 Å². The third-order valence-electron chi connectivity index (χ3n) is 3.47. The lowest BCUT2D eigenvalue weighted by Gasteiger charge is -2.14. The fourth-order valence-corrected chi connectivity index (χ4v) is 2.26. The fraction of sp³-hybridized carbons (Fsp3) is 0.0588. The molecule has 0 radical (unpaired) electrons. The molecule has 2 aromatic carbocycles. The maximum atomic E-state index is 12.5. The number of nitrogens with one attached hydrogen (secondary N) is 3. The smallest absolute Gasteiger partial charge is 0.290 e. The zero-order valence-corrected chi connectivity index (χ0v) is 12.9. The molecule has 0 amide bonds. The highest BCUT2D eigenvalue weighted by atomic mass is 16.3. The van der Waals surface area contributed by atoms with E-state index in [-0.39, 0.29) is 17.1 Å². The zero-order valence-electron chi connectivity index (χ0n) is 12.9. The molecule has 0 aliphatic carbocycles. The van der Waals surface area contributed by atoms with Gasteiger partial charge >= 0.3 is 0 Å². The highest BCUT2D eigenvalue weighted by Gasteiger charge is 2.15. The minimum Gasteiger partial charge on any atom is -0.506 e. The molecule has 0 saturated carbocycles. The van der Waals surface area contributed by atoms with Gasteiger partial charge in [0.05, 0.1) is 5.69 Å². The van der Waals surface area contributed by atoms with Gasteiger partial charge in [0, 0.05) is 12.7 Å². The van der Waals surface area contributed by atoms with Gasteiger partial charge in [-0.2, -0.15) is 0 Å². The van der Waals surface area contributed by atoms with E-state index < -0.39 is 11.1 Å². The Labute approximate surface area is 137 Å². The second-order valence-electron chi connectivity index (χ2n) is 5.19. The number of phenols is 1. The van der Waals surface area contributed by atoms with Crippen molar-refractivity contribution in [3.63, 3.8) is 0 Å². The van der Waals surface area contributed by atoms with E-state index in [2.05, 4.69) is 15.7 Å². The molecule has 1 heterocycles. The number of phenolic OH excluding ortho intramolecular Hbond substituents is 1. The van der Waals surface area contributed by atoms with Crippen LogP contribution >= 0.6 is 0 Å². The Kier molecular flexibility index (Phi) is 4.07. The van der Waals surface area contributed by atoms with E-state index in [9.17, 15) is 14.7 Å². The molecular formula is C17H16N4O3. The molecule has 0 aliphatic heterocycles. The van der Waals surface area contributed by atoms with E-state index in [1.807, 2.05) is 18.2 Å². The van der Waals surface area contributed by atoms with Crippen LogP contribution in [0, 0.1) is 0 Å². The van der Waals surface area contributed by atoms with Crippen molar-refractivity contribution in [3.8, 4) is 5.75 Å². The second kappa shape index (κ2) is 6.33. The first-order valence-corrected chi connectivity index (χ1v) is 7.26. The Morgan fingerprint density at radius 3 is 2.29 bits per heavy atom.